The highest BCUT2D eigenvalue weighted by Gasteiger charge is 2.39. The average Bonchev–Trinajstić information content (AvgIpc) is 2.41. The zero-order chi connectivity index (χ0) is 14.9. The van der Waals surface area contributed by atoms with E-state index in [1.165, 1.54) is 24.0 Å². The fraction of sp³-hybridized carbons (Fsp3) is 0.385. The Balaban J connectivity index is 2.20. The molecule has 1 heterocycles. The molecule has 7 heteroatoms. The minimum Gasteiger partial charge on any atom is -0.367 e. The molecule has 5 nitrogen and oxygen atoms in total. The fourth-order valence-corrected chi connectivity index (χ4v) is 2.18. The molecule has 2 amide bonds. The van der Waals surface area contributed by atoms with Crippen LogP contribution >= 0.6 is 11.6 Å². The van der Waals surface area contributed by atoms with Crippen LogP contribution in [0.2, 0.25) is 5.02 Å². The number of benzene rings is 1. The summed E-state index contributed by atoms with van der Waals surface area (Å²) in [5, 5.41) is -0.123. The number of nitrogens with two attached hydrogens (primary N) is 1. The van der Waals surface area contributed by atoms with Crippen LogP contribution < -0.4 is 5.73 Å². The van der Waals surface area contributed by atoms with Gasteiger partial charge in [0.05, 0.1) is 18.2 Å². The van der Waals surface area contributed by atoms with Gasteiger partial charge in [0.25, 0.3) is 11.8 Å². The molecule has 20 heavy (non-hydrogen) atoms. The maximum absolute atomic E-state index is 13.1. The summed E-state index contributed by atoms with van der Waals surface area (Å²) in [5.74, 6) is -1.57. The second-order valence-corrected chi connectivity index (χ2v) is 5.21. The smallest absolute Gasteiger partial charge is 0.254 e. The van der Waals surface area contributed by atoms with E-state index < -0.39 is 17.3 Å². The molecule has 108 valence electrons. The van der Waals surface area contributed by atoms with Crippen molar-refractivity contribution in [1.29, 1.82) is 0 Å². The number of hydrogen-bond donors (Lipinski definition) is 1. The Bertz CT molecular complexity index is 567. The van der Waals surface area contributed by atoms with Gasteiger partial charge in [0.15, 0.2) is 5.60 Å². The summed E-state index contributed by atoms with van der Waals surface area (Å²) in [4.78, 5) is 25.1. The third-order valence-corrected chi connectivity index (χ3v) is 3.54. The maximum Gasteiger partial charge on any atom is 0.254 e. The summed E-state index contributed by atoms with van der Waals surface area (Å²) < 4.78 is 18.4. The van der Waals surface area contributed by atoms with Gasteiger partial charge in [-0.1, -0.05) is 11.6 Å². The van der Waals surface area contributed by atoms with Crippen LogP contribution in [0.5, 0.6) is 0 Å². The topological polar surface area (TPSA) is 72.6 Å². The largest absolute Gasteiger partial charge is 0.367 e. The molecule has 0 bridgehead atoms. The molecule has 0 spiro atoms. The van der Waals surface area contributed by atoms with Crippen LogP contribution in [0, 0.1) is 5.82 Å². The van der Waals surface area contributed by atoms with Crippen LogP contribution in [0.1, 0.15) is 17.3 Å². The van der Waals surface area contributed by atoms with Crippen LogP contribution in [0.25, 0.3) is 0 Å². The monoisotopic (exact) mass is 300 g/mol. The van der Waals surface area contributed by atoms with Crippen molar-refractivity contribution < 1.29 is 18.7 Å². The van der Waals surface area contributed by atoms with Gasteiger partial charge in [0.1, 0.15) is 5.82 Å². The lowest BCUT2D eigenvalue weighted by molar-refractivity contribution is -0.150. The number of rotatable bonds is 2. The Morgan fingerprint density at radius 2 is 2.20 bits per heavy atom. The van der Waals surface area contributed by atoms with Crippen LogP contribution in [0.3, 0.4) is 0 Å². The van der Waals surface area contributed by atoms with Crippen molar-refractivity contribution in [3.63, 3.8) is 0 Å². The van der Waals surface area contributed by atoms with Gasteiger partial charge in [-0.2, -0.15) is 0 Å². The molecule has 2 rings (SSSR count). The molecule has 1 aliphatic heterocycles. The van der Waals surface area contributed by atoms with E-state index in [9.17, 15) is 14.0 Å². The van der Waals surface area contributed by atoms with Crippen molar-refractivity contribution in [2.45, 2.75) is 12.5 Å². The van der Waals surface area contributed by atoms with E-state index in [1.807, 2.05) is 0 Å². The number of nitrogens with zero attached hydrogens (tertiary/aromatic N) is 1. The van der Waals surface area contributed by atoms with Gasteiger partial charge >= 0.3 is 0 Å². The maximum atomic E-state index is 13.1. The summed E-state index contributed by atoms with van der Waals surface area (Å²) in [7, 11) is 0. The van der Waals surface area contributed by atoms with Crippen LogP contribution in [-0.4, -0.2) is 42.0 Å². The molecular weight excluding hydrogens is 287 g/mol. The summed E-state index contributed by atoms with van der Waals surface area (Å²) in [6.45, 7) is 2.12. The first-order chi connectivity index (χ1) is 9.33. The quantitative estimate of drug-likeness (QED) is 0.892. The van der Waals surface area contributed by atoms with Crippen molar-refractivity contribution in [2.24, 2.45) is 5.73 Å². The van der Waals surface area contributed by atoms with Gasteiger partial charge in [-0.05, 0) is 25.1 Å². The van der Waals surface area contributed by atoms with Gasteiger partial charge in [-0.15, -0.1) is 0 Å². The Morgan fingerprint density at radius 1 is 1.50 bits per heavy atom. The molecule has 1 fully saturated rings. The molecular formula is C13H14ClFN2O3. The lowest BCUT2D eigenvalue weighted by Crippen LogP contribution is -2.58. The van der Waals surface area contributed by atoms with Crippen molar-refractivity contribution in [1.82, 2.24) is 4.90 Å². The average molecular weight is 301 g/mol. The molecule has 1 saturated heterocycles. The van der Waals surface area contributed by atoms with Crippen LogP contribution in [0.4, 0.5) is 4.39 Å². The first-order valence-corrected chi connectivity index (χ1v) is 6.39. The number of ether oxygens (including phenoxy) is 1. The first kappa shape index (κ1) is 14.7. The normalized spacial score (nSPS) is 22.6. The van der Waals surface area contributed by atoms with E-state index in [0.717, 1.165) is 6.07 Å². The Kier molecular flexibility index (Phi) is 3.96. The van der Waals surface area contributed by atoms with E-state index in [-0.39, 0.29) is 29.6 Å². The van der Waals surface area contributed by atoms with E-state index in [1.54, 1.807) is 0 Å². The molecule has 2 N–H and O–H groups in total. The van der Waals surface area contributed by atoms with Gasteiger partial charge in [0.2, 0.25) is 0 Å². The van der Waals surface area contributed by atoms with Crippen molar-refractivity contribution in [3.8, 4) is 0 Å². The van der Waals surface area contributed by atoms with Gasteiger partial charge in [-0.25, -0.2) is 4.39 Å². The number of carbonyl (C=O) groups is 2. The Hall–Kier alpha value is -1.66. The molecule has 0 radical (unpaired) electrons. The zero-order valence-corrected chi connectivity index (χ0v) is 11.6. The Labute approximate surface area is 120 Å². The lowest BCUT2D eigenvalue weighted by atomic mass is 10.0. The minimum absolute atomic E-state index is 0.0517. The number of morpholine rings is 1. The van der Waals surface area contributed by atoms with Gasteiger partial charge in [0, 0.05) is 12.1 Å². The molecule has 0 unspecified atom stereocenters. The number of halogens is 2. The molecule has 0 saturated carbocycles. The predicted octanol–water partition coefficient (Wildman–Crippen LogP) is 1.20. The number of primary amides is 1. The molecule has 0 aliphatic carbocycles. The first-order valence-electron chi connectivity index (χ1n) is 6.02. The van der Waals surface area contributed by atoms with E-state index in [4.69, 9.17) is 22.1 Å². The summed E-state index contributed by atoms with van der Waals surface area (Å²) in [6, 6.07) is 3.74. The van der Waals surface area contributed by atoms with Gasteiger partial charge in [-0.3, -0.25) is 9.59 Å². The predicted molar refractivity (Wildman–Crippen MR) is 70.9 cm³/mol. The van der Waals surface area contributed by atoms with E-state index in [0.29, 0.717) is 6.54 Å². The summed E-state index contributed by atoms with van der Waals surface area (Å²) in [5.41, 5.74) is 4.32. The highest BCUT2D eigenvalue weighted by Crippen LogP contribution is 2.21. The third kappa shape index (κ3) is 2.76. The van der Waals surface area contributed by atoms with E-state index in [2.05, 4.69) is 0 Å². The number of carbonyl (C=O) groups excluding carboxylic acids is 2. The highest BCUT2D eigenvalue weighted by molar-refractivity contribution is 6.31. The zero-order valence-electron chi connectivity index (χ0n) is 10.9. The third-order valence-electron chi connectivity index (χ3n) is 3.25. The molecule has 1 aromatic carbocycles. The van der Waals surface area contributed by atoms with Gasteiger partial charge < -0.3 is 15.4 Å². The second kappa shape index (κ2) is 5.38. The summed E-state index contributed by atoms with van der Waals surface area (Å²) in [6.07, 6.45) is 0. The summed E-state index contributed by atoms with van der Waals surface area (Å²) >= 11 is 5.66. The highest BCUT2D eigenvalue weighted by atomic mass is 35.5. The molecule has 1 atom stereocenters. The van der Waals surface area contributed by atoms with Crippen molar-refractivity contribution in [3.05, 3.63) is 34.6 Å². The second-order valence-electron chi connectivity index (χ2n) is 4.80. The molecule has 1 aliphatic rings. The van der Waals surface area contributed by atoms with Crippen LogP contribution in [0.15, 0.2) is 18.2 Å². The lowest BCUT2D eigenvalue weighted by Gasteiger charge is -2.38. The number of hydrogen-bond acceptors (Lipinski definition) is 3. The number of amides is 2. The van der Waals surface area contributed by atoms with E-state index >= 15 is 0 Å². The standard InChI is InChI=1S/C13H14ClFN2O3/c1-13(12(16)19)7-17(4-5-20-13)11(18)8-2-3-10(15)9(14)6-8/h2-3,6H,4-5,7H2,1H3,(H2,16,19)/t13-/m1/s1. The Morgan fingerprint density at radius 3 is 2.80 bits per heavy atom. The van der Waals surface area contributed by atoms with Crippen LogP contribution in [-0.2, 0) is 9.53 Å². The molecule has 0 aromatic heterocycles. The molecule has 1 aromatic rings. The fourth-order valence-electron chi connectivity index (χ4n) is 2.00. The van der Waals surface area contributed by atoms with Crippen molar-refractivity contribution in [2.75, 3.05) is 19.7 Å². The SMILES string of the molecule is C[C@]1(C(N)=O)CN(C(=O)c2ccc(F)c(Cl)c2)CCO1. The minimum atomic E-state index is -1.21. The van der Waals surface area contributed by atoms with Crippen molar-refractivity contribution >= 4 is 23.4 Å².